The minimum Gasteiger partial charge on any atom is -0.469 e. The molecule has 0 saturated heterocycles. The van der Waals surface area contributed by atoms with E-state index >= 15 is 0 Å². The van der Waals surface area contributed by atoms with E-state index < -0.39 is 0 Å². The van der Waals surface area contributed by atoms with Gasteiger partial charge in [-0.3, -0.25) is 9.59 Å². The summed E-state index contributed by atoms with van der Waals surface area (Å²) in [5.74, 6) is -0.743. The number of ether oxygens (including phenoxy) is 1. The van der Waals surface area contributed by atoms with Crippen LogP contribution in [-0.2, 0) is 14.3 Å². The Labute approximate surface area is 66.0 Å². The summed E-state index contributed by atoms with van der Waals surface area (Å²) in [7, 11) is 1.32. The zero-order valence-electron chi connectivity index (χ0n) is 6.96. The fourth-order valence-corrected chi connectivity index (χ4v) is 0.544. The molecule has 0 radical (unpaired) electrons. The number of hydrogen-bond donors (Lipinski definition) is 0. The topological polar surface area (TPSA) is 43.4 Å². The van der Waals surface area contributed by atoms with E-state index in [9.17, 15) is 9.59 Å². The van der Waals surface area contributed by atoms with Crippen LogP contribution in [0.1, 0.15) is 13.8 Å². The maximum absolute atomic E-state index is 10.7. The van der Waals surface area contributed by atoms with Gasteiger partial charge < -0.3 is 4.74 Å². The maximum atomic E-state index is 10.7. The van der Waals surface area contributed by atoms with Crippen LogP contribution in [0.25, 0.3) is 0 Å². The predicted octanol–water partition coefficient (Wildman–Crippen LogP) is 0.941. The Morgan fingerprint density at radius 1 is 1.45 bits per heavy atom. The molecule has 0 amide bonds. The number of ketones is 1. The van der Waals surface area contributed by atoms with E-state index in [0.29, 0.717) is 0 Å². The normalized spacial score (nSPS) is 13.0. The Morgan fingerprint density at radius 2 is 2.00 bits per heavy atom. The molecule has 1 unspecified atom stereocenters. The number of rotatable bonds is 3. The van der Waals surface area contributed by atoms with E-state index in [1.54, 1.807) is 6.92 Å². The SMILES string of the molecule is COC(=O)C(C)/C=C/C(C)=O. The molecule has 1 atom stereocenters. The molecule has 0 aromatic rings. The van der Waals surface area contributed by atoms with Crippen LogP contribution >= 0.6 is 0 Å². The molecule has 0 aliphatic rings. The van der Waals surface area contributed by atoms with Gasteiger partial charge in [0.1, 0.15) is 0 Å². The second-order valence-corrected chi connectivity index (χ2v) is 2.28. The molecule has 62 valence electrons. The highest BCUT2D eigenvalue weighted by molar-refractivity contribution is 5.88. The van der Waals surface area contributed by atoms with Crippen LogP contribution in [-0.4, -0.2) is 18.9 Å². The number of esters is 1. The van der Waals surface area contributed by atoms with Crippen molar-refractivity contribution in [3.63, 3.8) is 0 Å². The monoisotopic (exact) mass is 156 g/mol. The van der Waals surface area contributed by atoms with Gasteiger partial charge in [0.05, 0.1) is 13.0 Å². The zero-order chi connectivity index (χ0) is 8.85. The van der Waals surface area contributed by atoms with Gasteiger partial charge in [-0.1, -0.05) is 6.08 Å². The third-order valence-electron chi connectivity index (χ3n) is 1.19. The Hall–Kier alpha value is -1.12. The lowest BCUT2D eigenvalue weighted by molar-refractivity contribution is -0.143. The highest BCUT2D eigenvalue weighted by Crippen LogP contribution is 1.99. The van der Waals surface area contributed by atoms with Crippen LogP contribution in [0.3, 0.4) is 0 Å². The second kappa shape index (κ2) is 4.66. The van der Waals surface area contributed by atoms with Crippen molar-refractivity contribution in [3.05, 3.63) is 12.2 Å². The third-order valence-corrected chi connectivity index (χ3v) is 1.19. The molecule has 3 heteroatoms. The average Bonchev–Trinajstić information content (AvgIpc) is 1.98. The number of methoxy groups -OCH3 is 1. The van der Waals surface area contributed by atoms with Gasteiger partial charge >= 0.3 is 5.97 Å². The molecule has 0 N–H and O–H groups in total. The summed E-state index contributed by atoms with van der Waals surface area (Å²) in [5.41, 5.74) is 0. The Bertz CT molecular complexity index is 182. The van der Waals surface area contributed by atoms with E-state index in [1.807, 2.05) is 0 Å². The molecule has 0 fully saturated rings. The van der Waals surface area contributed by atoms with Gasteiger partial charge in [0.15, 0.2) is 5.78 Å². The van der Waals surface area contributed by atoms with E-state index in [0.717, 1.165) is 0 Å². The van der Waals surface area contributed by atoms with Crippen molar-refractivity contribution >= 4 is 11.8 Å². The average molecular weight is 156 g/mol. The van der Waals surface area contributed by atoms with Crippen molar-refractivity contribution in [2.75, 3.05) is 7.11 Å². The first-order valence-corrected chi connectivity index (χ1v) is 3.34. The minimum absolute atomic E-state index is 0.0687. The molecule has 0 spiro atoms. The highest BCUT2D eigenvalue weighted by Gasteiger charge is 2.07. The van der Waals surface area contributed by atoms with Crippen molar-refractivity contribution in [1.82, 2.24) is 0 Å². The lowest BCUT2D eigenvalue weighted by atomic mass is 10.1. The number of carbonyl (C=O) groups excluding carboxylic acids is 2. The van der Waals surface area contributed by atoms with Crippen LogP contribution in [0.5, 0.6) is 0 Å². The van der Waals surface area contributed by atoms with Gasteiger partial charge in [0.25, 0.3) is 0 Å². The van der Waals surface area contributed by atoms with Gasteiger partial charge in [0, 0.05) is 0 Å². The molecule has 0 rings (SSSR count). The number of allylic oxidation sites excluding steroid dienone is 1. The summed E-state index contributed by atoms with van der Waals surface area (Å²) < 4.78 is 4.44. The zero-order valence-corrected chi connectivity index (χ0v) is 6.96. The van der Waals surface area contributed by atoms with Crippen molar-refractivity contribution < 1.29 is 14.3 Å². The lowest BCUT2D eigenvalue weighted by Crippen LogP contribution is -2.10. The Kier molecular flexibility index (Phi) is 4.18. The van der Waals surface area contributed by atoms with Crippen LogP contribution in [0, 0.1) is 5.92 Å². The Morgan fingerprint density at radius 3 is 2.36 bits per heavy atom. The summed E-state index contributed by atoms with van der Waals surface area (Å²) in [6, 6.07) is 0. The molecule has 0 aliphatic heterocycles. The predicted molar refractivity (Wildman–Crippen MR) is 41.0 cm³/mol. The molecule has 11 heavy (non-hydrogen) atoms. The largest absolute Gasteiger partial charge is 0.469 e. The van der Waals surface area contributed by atoms with E-state index in [1.165, 1.54) is 26.2 Å². The van der Waals surface area contributed by atoms with Crippen LogP contribution in [0.4, 0.5) is 0 Å². The first-order valence-electron chi connectivity index (χ1n) is 3.34. The summed E-state index contributed by atoms with van der Waals surface area (Å²) in [5, 5.41) is 0. The van der Waals surface area contributed by atoms with Gasteiger partial charge in [-0.25, -0.2) is 0 Å². The van der Waals surface area contributed by atoms with E-state index in [2.05, 4.69) is 4.74 Å². The summed E-state index contributed by atoms with van der Waals surface area (Å²) in [6.07, 6.45) is 2.88. The fourth-order valence-electron chi connectivity index (χ4n) is 0.544. The van der Waals surface area contributed by atoms with Crippen molar-refractivity contribution in [2.45, 2.75) is 13.8 Å². The van der Waals surface area contributed by atoms with Crippen LogP contribution < -0.4 is 0 Å². The van der Waals surface area contributed by atoms with Crippen LogP contribution in [0.15, 0.2) is 12.2 Å². The molecule has 0 bridgehead atoms. The smallest absolute Gasteiger partial charge is 0.312 e. The quantitative estimate of drug-likeness (QED) is 0.451. The molecule has 0 aromatic heterocycles. The molecule has 0 heterocycles. The number of carbonyl (C=O) groups is 2. The van der Waals surface area contributed by atoms with E-state index in [4.69, 9.17) is 0 Å². The van der Waals surface area contributed by atoms with Crippen molar-refractivity contribution in [3.8, 4) is 0 Å². The molecule has 0 aliphatic carbocycles. The molecule has 0 aromatic carbocycles. The van der Waals surface area contributed by atoms with Gasteiger partial charge in [-0.05, 0) is 19.9 Å². The fraction of sp³-hybridized carbons (Fsp3) is 0.500. The van der Waals surface area contributed by atoms with Gasteiger partial charge in [0.2, 0.25) is 0 Å². The summed E-state index contributed by atoms with van der Waals surface area (Å²) in [6.45, 7) is 3.10. The Balaban J connectivity index is 3.95. The lowest BCUT2D eigenvalue weighted by Gasteiger charge is -2.01. The maximum Gasteiger partial charge on any atom is 0.312 e. The van der Waals surface area contributed by atoms with E-state index in [-0.39, 0.29) is 17.7 Å². The first-order chi connectivity index (χ1) is 5.07. The standard InChI is InChI=1S/C8H12O3/c1-6(8(10)11-3)4-5-7(2)9/h4-6H,1-3H3/b5-4+. The van der Waals surface area contributed by atoms with Crippen molar-refractivity contribution in [1.29, 1.82) is 0 Å². The summed E-state index contributed by atoms with van der Waals surface area (Å²) in [4.78, 5) is 21.2. The molecular weight excluding hydrogens is 144 g/mol. The van der Waals surface area contributed by atoms with Crippen molar-refractivity contribution in [2.24, 2.45) is 5.92 Å². The molecular formula is C8H12O3. The van der Waals surface area contributed by atoms with Crippen LogP contribution in [0.2, 0.25) is 0 Å². The third kappa shape index (κ3) is 4.31. The first kappa shape index (κ1) is 9.88. The minimum atomic E-state index is -0.344. The second-order valence-electron chi connectivity index (χ2n) is 2.28. The van der Waals surface area contributed by atoms with Gasteiger partial charge in [-0.15, -0.1) is 0 Å². The number of hydrogen-bond acceptors (Lipinski definition) is 3. The molecule has 3 nitrogen and oxygen atoms in total. The highest BCUT2D eigenvalue weighted by atomic mass is 16.5. The molecule has 0 saturated carbocycles. The van der Waals surface area contributed by atoms with Gasteiger partial charge in [-0.2, -0.15) is 0 Å². The summed E-state index contributed by atoms with van der Waals surface area (Å²) >= 11 is 0.